The molecule has 6 atom stereocenters. The van der Waals surface area contributed by atoms with E-state index in [0.717, 1.165) is 10.9 Å². The summed E-state index contributed by atoms with van der Waals surface area (Å²) in [4.78, 5) is 72.7. The average Bonchev–Trinajstić information content (AvgIpc) is 3.62. The maximum Gasteiger partial charge on any atom is 0.270 e. The SMILES string of the molecule is CCC(C)[C@H](NC(=O)[C@@H]1CCCN1[C@H](CO)[C@H](CC(C)C)NC(=O)[C@H](CC(N)=O)NC(=O)c1ccc2ccccc2n1)C(=O)NCc1ccccc1. The van der Waals surface area contributed by atoms with E-state index in [4.69, 9.17) is 5.73 Å². The van der Waals surface area contributed by atoms with Crippen LogP contribution in [0.5, 0.6) is 0 Å². The third-order valence-electron chi connectivity index (χ3n) is 9.69. The van der Waals surface area contributed by atoms with Gasteiger partial charge in [-0.25, -0.2) is 4.98 Å². The molecule has 4 rings (SSSR count). The number of benzene rings is 2. The molecule has 13 nitrogen and oxygen atoms in total. The molecule has 2 aromatic carbocycles. The zero-order valence-electron chi connectivity index (χ0n) is 30.5. The molecule has 3 aromatic rings. The standard InChI is InChI=1S/C39H53N7O6/c1-5-25(4)35(39(52)41-22-26-12-7-6-8-13-26)45-38(51)32-16-11-19-46(32)33(23-47)30(20-24(2)3)43-37(50)31(21-34(40)48)44-36(49)29-18-17-27-14-9-10-15-28(27)42-29/h6-10,12-15,17-18,24-25,30-33,35,47H,5,11,16,19-23H2,1-4H3,(H2,40,48)(H,41,52)(H,43,50)(H,44,49)(H,45,51)/t25?,30-,31-,32-,33+,35-/m0/s1. The lowest BCUT2D eigenvalue weighted by Crippen LogP contribution is -2.61. The maximum atomic E-state index is 13.9. The highest BCUT2D eigenvalue weighted by atomic mass is 16.3. The number of para-hydroxylation sites is 1. The van der Waals surface area contributed by atoms with Crippen LogP contribution >= 0.6 is 0 Å². The fourth-order valence-corrected chi connectivity index (χ4v) is 6.72. The molecule has 1 aliphatic heterocycles. The summed E-state index contributed by atoms with van der Waals surface area (Å²) < 4.78 is 0. The second-order valence-corrected chi connectivity index (χ2v) is 14.1. The van der Waals surface area contributed by atoms with E-state index >= 15 is 0 Å². The van der Waals surface area contributed by atoms with Gasteiger partial charge in [-0.1, -0.05) is 88.7 Å². The molecule has 1 unspecified atom stereocenters. The first-order valence-electron chi connectivity index (χ1n) is 18.2. The lowest BCUT2D eigenvalue weighted by molar-refractivity contribution is -0.133. The summed E-state index contributed by atoms with van der Waals surface area (Å²) in [7, 11) is 0. The van der Waals surface area contributed by atoms with Gasteiger partial charge in [-0.3, -0.25) is 28.9 Å². The molecule has 2 heterocycles. The molecule has 1 aromatic heterocycles. The Hall–Kier alpha value is -4.88. The van der Waals surface area contributed by atoms with E-state index in [1.807, 2.05) is 75.1 Å². The van der Waals surface area contributed by atoms with Crippen LogP contribution < -0.4 is 27.0 Å². The highest BCUT2D eigenvalue weighted by molar-refractivity contribution is 5.99. The minimum absolute atomic E-state index is 0.0725. The molecule has 0 saturated carbocycles. The first-order valence-corrected chi connectivity index (χ1v) is 18.2. The van der Waals surface area contributed by atoms with E-state index < -0.39 is 54.4 Å². The van der Waals surface area contributed by atoms with Crippen molar-refractivity contribution in [3.8, 4) is 0 Å². The molecule has 280 valence electrons. The van der Waals surface area contributed by atoms with Crippen LogP contribution in [-0.4, -0.2) is 87.9 Å². The van der Waals surface area contributed by atoms with Crippen LogP contribution in [0.15, 0.2) is 66.7 Å². The predicted octanol–water partition coefficient (Wildman–Crippen LogP) is 2.41. The molecule has 52 heavy (non-hydrogen) atoms. The van der Waals surface area contributed by atoms with Gasteiger partial charge in [0.1, 0.15) is 17.8 Å². The topological polar surface area (TPSA) is 196 Å². The Kier molecular flexibility index (Phi) is 14.7. The molecule has 13 heteroatoms. The van der Waals surface area contributed by atoms with Crippen molar-refractivity contribution in [1.82, 2.24) is 31.2 Å². The Morgan fingerprint density at radius 1 is 0.923 bits per heavy atom. The number of fused-ring (bicyclic) bond motifs is 1. The van der Waals surface area contributed by atoms with Crippen molar-refractivity contribution in [2.24, 2.45) is 17.6 Å². The largest absolute Gasteiger partial charge is 0.395 e. The number of pyridine rings is 1. The maximum absolute atomic E-state index is 13.9. The van der Waals surface area contributed by atoms with Gasteiger partial charge in [0, 0.05) is 18.0 Å². The highest BCUT2D eigenvalue weighted by Crippen LogP contribution is 2.25. The van der Waals surface area contributed by atoms with Crippen molar-refractivity contribution >= 4 is 40.4 Å². The number of primary amides is 1. The Bertz CT molecular complexity index is 1690. The fraction of sp³-hybridized carbons (Fsp3) is 0.487. The normalized spacial score (nSPS) is 17.5. The van der Waals surface area contributed by atoms with Gasteiger partial charge >= 0.3 is 0 Å². The van der Waals surface area contributed by atoms with E-state index in [9.17, 15) is 29.1 Å². The Morgan fingerprint density at radius 2 is 1.63 bits per heavy atom. The number of carbonyl (C=O) groups excluding carboxylic acids is 5. The Morgan fingerprint density at radius 3 is 2.31 bits per heavy atom. The number of carbonyl (C=O) groups is 5. The van der Waals surface area contributed by atoms with Crippen molar-refractivity contribution in [2.45, 2.75) is 96.6 Å². The van der Waals surface area contributed by atoms with E-state index in [1.54, 1.807) is 18.2 Å². The van der Waals surface area contributed by atoms with E-state index in [1.165, 1.54) is 6.07 Å². The number of aromatic nitrogens is 1. The smallest absolute Gasteiger partial charge is 0.270 e. The van der Waals surface area contributed by atoms with Crippen LogP contribution in [0.2, 0.25) is 0 Å². The van der Waals surface area contributed by atoms with Crippen molar-refractivity contribution in [1.29, 1.82) is 0 Å². The number of nitrogens with one attached hydrogen (secondary N) is 4. The third-order valence-corrected chi connectivity index (χ3v) is 9.69. The number of likely N-dealkylation sites (tertiary alicyclic amines) is 1. The van der Waals surface area contributed by atoms with Gasteiger partial charge in [-0.05, 0) is 55.3 Å². The monoisotopic (exact) mass is 715 g/mol. The summed E-state index contributed by atoms with van der Waals surface area (Å²) in [5.41, 5.74) is 7.12. The number of nitrogens with two attached hydrogens (primary N) is 1. The van der Waals surface area contributed by atoms with E-state index in [2.05, 4.69) is 26.3 Å². The van der Waals surface area contributed by atoms with Gasteiger partial charge in [0.05, 0.1) is 30.6 Å². The molecule has 0 spiro atoms. The number of hydrogen-bond acceptors (Lipinski definition) is 8. The van der Waals surface area contributed by atoms with Gasteiger partial charge in [0.25, 0.3) is 5.91 Å². The number of hydrogen-bond donors (Lipinski definition) is 6. The van der Waals surface area contributed by atoms with Gasteiger partial charge in [0.15, 0.2) is 0 Å². The summed E-state index contributed by atoms with van der Waals surface area (Å²) in [6.07, 6.45) is 1.82. The predicted molar refractivity (Wildman–Crippen MR) is 198 cm³/mol. The summed E-state index contributed by atoms with van der Waals surface area (Å²) in [6, 6.07) is 16.0. The van der Waals surface area contributed by atoms with Crippen LogP contribution in [0.25, 0.3) is 10.9 Å². The molecule has 7 N–H and O–H groups in total. The van der Waals surface area contributed by atoms with Gasteiger partial charge in [-0.2, -0.15) is 0 Å². The molecule has 1 aliphatic rings. The first-order chi connectivity index (χ1) is 24.9. The minimum atomic E-state index is -1.31. The second-order valence-electron chi connectivity index (χ2n) is 14.1. The van der Waals surface area contributed by atoms with Gasteiger partial charge in [0.2, 0.25) is 23.6 Å². The minimum Gasteiger partial charge on any atom is -0.395 e. The second kappa shape index (κ2) is 19.1. The molecular weight excluding hydrogens is 662 g/mol. The third kappa shape index (κ3) is 10.8. The fourth-order valence-electron chi connectivity index (χ4n) is 6.72. The van der Waals surface area contributed by atoms with Crippen LogP contribution in [-0.2, 0) is 25.7 Å². The zero-order chi connectivity index (χ0) is 37.8. The van der Waals surface area contributed by atoms with Crippen molar-refractivity contribution in [2.75, 3.05) is 13.2 Å². The molecule has 0 bridgehead atoms. The zero-order valence-corrected chi connectivity index (χ0v) is 30.5. The Labute approximate surface area is 305 Å². The molecule has 0 radical (unpaired) electrons. The highest BCUT2D eigenvalue weighted by Gasteiger charge is 2.41. The summed E-state index contributed by atoms with van der Waals surface area (Å²) in [5.74, 6) is -2.75. The first kappa shape index (κ1) is 39.9. The summed E-state index contributed by atoms with van der Waals surface area (Å²) in [5, 5.41) is 23.2. The summed E-state index contributed by atoms with van der Waals surface area (Å²) in [6.45, 7) is 8.27. The van der Waals surface area contributed by atoms with Gasteiger partial charge in [-0.15, -0.1) is 0 Å². The number of aliphatic hydroxyl groups excluding tert-OH is 1. The number of nitrogens with zero attached hydrogens (tertiary/aromatic N) is 2. The summed E-state index contributed by atoms with van der Waals surface area (Å²) >= 11 is 0. The number of aliphatic hydroxyl groups is 1. The van der Waals surface area contributed by atoms with Crippen LogP contribution in [0, 0.1) is 11.8 Å². The van der Waals surface area contributed by atoms with Crippen molar-refractivity contribution in [3.63, 3.8) is 0 Å². The van der Waals surface area contributed by atoms with E-state index in [-0.39, 0.29) is 36.0 Å². The lowest BCUT2D eigenvalue weighted by atomic mass is 9.94. The molecule has 1 fully saturated rings. The van der Waals surface area contributed by atoms with Crippen LogP contribution in [0.3, 0.4) is 0 Å². The van der Waals surface area contributed by atoms with E-state index in [0.29, 0.717) is 44.3 Å². The van der Waals surface area contributed by atoms with Gasteiger partial charge < -0.3 is 32.1 Å². The lowest BCUT2D eigenvalue weighted by Gasteiger charge is -2.38. The number of amides is 5. The van der Waals surface area contributed by atoms with Crippen molar-refractivity contribution < 1.29 is 29.1 Å². The van der Waals surface area contributed by atoms with Crippen molar-refractivity contribution in [3.05, 3.63) is 78.0 Å². The average molecular weight is 716 g/mol. The van der Waals surface area contributed by atoms with Crippen LogP contribution in [0.1, 0.15) is 75.9 Å². The van der Waals surface area contributed by atoms with Crippen LogP contribution in [0.4, 0.5) is 0 Å². The molecular formula is C39H53N7O6. The molecule has 5 amide bonds. The Balaban J connectivity index is 1.49. The molecule has 0 aliphatic carbocycles. The number of rotatable bonds is 18. The molecule has 1 saturated heterocycles. The quantitative estimate of drug-likeness (QED) is 0.116.